The van der Waals surface area contributed by atoms with Crippen molar-refractivity contribution < 1.29 is 4.74 Å². The maximum absolute atomic E-state index is 5.57. The monoisotopic (exact) mass is 308 g/mol. The van der Waals surface area contributed by atoms with Crippen LogP contribution in [0.4, 0.5) is 5.82 Å². The van der Waals surface area contributed by atoms with Gasteiger partial charge in [0.1, 0.15) is 11.6 Å². The molecule has 1 aromatic carbocycles. The number of hydrogen-bond donors (Lipinski definition) is 2. The van der Waals surface area contributed by atoms with Crippen LogP contribution in [0.1, 0.15) is 6.42 Å². The van der Waals surface area contributed by atoms with Crippen molar-refractivity contribution in [1.82, 2.24) is 9.97 Å². The van der Waals surface area contributed by atoms with Gasteiger partial charge >= 0.3 is 0 Å². The van der Waals surface area contributed by atoms with Crippen LogP contribution in [0.3, 0.4) is 0 Å². The molecule has 2 heterocycles. The van der Waals surface area contributed by atoms with E-state index in [9.17, 15) is 0 Å². The SMILES string of the molecule is COc1cccc(-c2cc3ncccc3c(NCCCN)n2)c1. The average molecular weight is 308 g/mol. The van der Waals surface area contributed by atoms with Gasteiger partial charge in [0.2, 0.25) is 0 Å². The minimum absolute atomic E-state index is 0.652. The topological polar surface area (TPSA) is 73.1 Å². The lowest BCUT2D eigenvalue weighted by atomic mass is 10.1. The first kappa shape index (κ1) is 15.2. The van der Waals surface area contributed by atoms with Crippen molar-refractivity contribution in [3.63, 3.8) is 0 Å². The standard InChI is InChI=1S/C18H20N4O/c1-23-14-6-2-5-13(11-14)16-12-17-15(7-3-9-20-17)18(22-16)21-10-4-8-19/h2-3,5-7,9,11-12H,4,8,10,19H2,1H3,(H,21,22). The smallest absolute Gasteiger partial charge is 0.136 e. The Hall–Kier alpha value is -2.66. The molecule has 0 atom stereocenters. The Morgan fingerprint density at radius 1 is 1.17 bits per heavy atom. The van der Waals surface area contributed by atoms with E-state index >= 15 is 0 Å². The minimum atomic E-state index is 0.652. The number of rotatable bonds is 6. The molecule has 0 spiro atoms. The predicted molar refractivity (Wildman–Crippen MR) is 93.7 cm³/mol. The fourth-order valence-corrected chi connectivity index (χ4v) is 2.45. The predicted octanol–water partition coefficient (Wildman–Crippen LogP) is 3.07. The highest BCUT2D eigenvalue weighted by Crippen LogP contribution is 2.28. The maximum atomic E-state index is 5.57. The summed E-state index contributed by atoms with van der Waals surface area (Å²) in [5.41, 5.74) is 8.35. The van der Waals surface area contributed by atoms with Crippen LogP contribution in [0.2, 0.25) is 0 Å². The molecule has 0 aliphatic rings. The van der Waals surface area contributed by atoms with E-state index in [1.807, 2.05) is 42.5 Å². The molecular weight excluding hydrogens is 288 g/mol. The van der Waals surface area contributed by atoms with E-state index in [0.29, 0.717) is 6.54 Å². The summed E-state index contributed by atoms with van der Waals surface area (Å²) in [6.45, 7) is 1.44. The largest absolute Gasteiger partial charge is 0.497 e. The zero-order chi connectivity index (χ0) is 16.1. The first-order chi connectivity index (χ1) is 11.3. The molecule has 5 heteroatoms. The van der Waals surface area contributed by atoms with Crippen LogP contribution in [0.15, 0.2) is 48.7 Å². The third-order valence-corrected chi connectivity index (χ3v) is 3.64. The van der Waals surface area contributed by atoms with Gasteiger partial charge in [0.25, 0.3) is 0 Å². The van der Waals surface area contributed by atoms with Gasteiger partial charge in [0.15, 0.2) is 0 Å². The number of hydrogen-bond acceptors (Lipinski definition) is 5. The van der Waals surface area contributed by atoms with Crippen molar-refractivity contribution in [3.05, 3.63) is 48.7 Å². The molecule has 0 bridgehead atoms. The molecule has 3 aromatic rings. The third kappa shape index (κ3) is 3.40. The Bertz CT molecular complexity index is 804. The van der Waals surface area contributed by atoms with Crippen molar-refractivity contribution >= 4 is 16.7 Å². The van der Waals surface area contributed by atoms with Crippen molar-refractivity contribution in [2.75, 3.05) is 25.5 Å². The van der Waals surface area contributed by atoms with E-state index in [0.717, 1.165) is 46.7 Å². The fraction of sp³-hybridized carbons (Fsp3) is 0.222. The highest BCUT2D eigenvalue weighted by Gasteiger charge is 2.09. The van der Waals surface area contributed by atoms with Gasteiger partial charge in [-0.15, -0.1) is 0 Å². The number of pyridine rings is 2. The number of nitrogens with zero attached hydrogens (tertiary/aromatic N) is 2. The fourth-order valence-electron chi connectivity index (χ4n) is 2.45. The lowest BCUT2D eigenvalue weighted by molar-refractivity contribution is 0.415. The Morgan fingerprint density at radius 3 is 2.91 bits per heavy atom. The van der Waals surface area contributed by atoms with E-state index in [4.69, 9.17) is 15.5 Å². The lowest BCUT2D eigenvalue weighted by Gasteiger charge is -2.11. The van der Waals surface area contributed by atoms with E-state index in [1.54, 1.807) is 13.3 Å². The number of nitrogens with one attached hydrogen (secondary N) is 1. The van der Waals surface area contributed by atoms with Gasteiger partial charge in [-0.3, -0.25) is 4.98 Å². The maximum Gasteiger partial charge on any atom is 0.136 e. The lowest BCUT2D eigenvalue weighted by Crippen LogP contribution is -2.10. The van der Waals surface area contributed by atoms with Crippen LogP contribution < -0.4 is 15.8 Å². The van der Waals surface area contributed by atoms with Crippen LogP contribution in [0.25, 0.3) is 22.2 Å². The van der Waals surface area contributed by atoms with Crippen molar-refractivity contribution in [3.8, 4) is 17.0 Å². The van der Waals surface area contributed by atoms with Crippen LogP contribution in [-0.4, -0.2) is 30.2 Å². The summed E-state index contributed by atoms with van der Waals surface area (Å²) in [4.78, 5) is 9.23. The summed E-state index contributed by atoms with van der Waals surface area (Å²) >= 11 is 0. The van der Waals surface area contributed by atoms with Gasteiger partial charge < -0.3 is 15.8 Å². The second kappa shape index (κ2) is 7.07. The Balaban J connectivity index is 2.06. The molecule has 0 radical (unpaired) electrons. The minimum Gasteiger partial charge on any atom is -0.497 e. The first-order valence-electron chi connectivity index (χ1n) is 7.66. The summed E-state index contributed by atoms with van der Waals surface area (Å²) in [5, 5.41) is 4.38. The number of aromatic nitrogens is 2. The summed E-state index contributed by atoms with van der Waals surface area (Å²) in [6, 6.07) is 13.8. The Labute approximate surface area is 135 Å². The number of methoxy groups -OCH3 is 1. The molecule has 0 aliphatic carbocycles. The Kier molecular flexibility index (Phi) is 4.68. The molecule has 0 fully saturated rings. The molecule has 2 aromatic heterocycles. The molecule has 118 valence electrons. The van der Waals surface area contributed by atoms with Crippen molar-refractivity contribution in [2.24, 2.45) is 5.73 Å². The highest BCUT2D eigenvalue weighted by atomic mass is 16.5. The van der Waals surface area contributed by atoms with Crippen LogP contribution >= 0.6 is 0 Å². The normalized spacial score (nSPS) is 10.7. The van der Waals surface area contributed by atoms with Crippen molar-refractivity contribution in [1.29, 1.82) is 0 Å². The van der Waals surface area contributed by atoms with Crippen LogP contribution in [0, 0.1) is 0 Å². The van der Waals surface area contributed by atoms with E-state index in [2.05, 4.69) is 10.3 Å². The van der Waals surface area contributed by atoms with Gasteiger partial charge in [-0.05, 0) is 43.3 Å². The molecule has 23 heavy (non-hydrogen) atoms. The van der Waals surface area contributed by atoms with Gasteiger partial charge in [-0.25, -0.2) is 4.98 Å². The Morgan fingerprint density at radius 2 is 2.09 bits per heavy atom. The molecule has 0 aliphatic heterocycles. The summed E-state index contributed by atoms with van der Waals surface area (Å²) in [5.74, 6) is 1.64. The molecule has 0 saturated carbocycles. The zero-order valence-corrected chi connectivity index (χ0v) is 13.1. The van der Waals surface area contributed by atoms with Gasteiger partial charge in [0.05, 0.1) is 18.3 Å². The first-order valence-corrected chi connectivity index (χ1v) is 7.66. The molecule has 0 unspecified atom stereocenters. The third-order valence-electron chi connectivity index (χ3n) is 3.64. The van der Waals surface area contributed by atoms with Gasteiger partial charge in [-0.2, -0.15) is 0 Å². The van der Waals surface area contributed by atoms with Crippen LogP contribution in [-0.2, 0) is 0 Å². The molecule has 5 nitrogen and oxygen atoms in total. The second-order valence-electron chi connectivity index (χ2n) is 5.23. The second-order valence-corrected chi connectivity index (χ2v) is 5.23. The van der Waals surface area contributed by atoms with E-state index in [-0.39, 0.29) is 0 Å². The highest BCUT2D eigenvalue weighted by molar-refractivity contribution is 5.92. The van der Waals surface area contributed by atoms with E-state index in [1.165, 1.54) is 0 Å². The quantitative estimate of drug-likeness (QED) is 0.685. The van der Waals surface area contributed by atoms with Gasteiger partial charge in [-0.1, -0.05) is 12.1 Å². The average Bonchev–Trinajstić information content (AvgIpc) is 2.61. The number of ether oxygens (including phenoxy) is 1. The summed E-state index contributed by atoms with van der Waals surface area (Å²) < 4.78 is 5.30. The number of anilines is 1. The molecule has 3 rings (SSSR count). The zero-order valence-electron chi connectivity index (χ0n) is 13.1. The summed E-state index contributed by atoms with van der Waals surface area (Å²) in [6.07, 6.45) is 2.69. The number of nitrogens with two attached hydrogens (primary N) is 1. The van der Waals surface area contributed by atoms with Gasteiger partial charge in [0, 0.05) is 23.7 Å². The number of fused-ring (bicyclic) bond motifs is 1. The molecule has 3 N–H and O–H groups in total. The molecule has 0 amide bonds. The van der Waals surface area contributed by atoms with Crippen LogP contribution in [0.5, 0.6) is 5.75 Å². The van der Waals surface area contributed by atoms with E-state index < -0.39 is 0 Å². The van der Waals surface area contributed by atoms with Crippen molar-refractivity contribution in [2.45, 2.75) is 6.42 Å². The molecular formula is C18H20N4O. The summed E-state index contributed by atoms with van der Waals surface area (Å²) in [7, 11) is 1.66. The molecule has 0 saturated heterocycles. The number of benzene rings is 1.